The van der Waals surface area contributed by atoms with Crippen LogP contribution >= 0.6 is 11.6 Å². The van der Waals surface area contributed by atoms with Crippen molar-refractivity contribution in [3.8, 4) is 28.6 Å². The average Bonchev–Trinajstić information content (AvgIpc) is 3.44. The van der Waals surface area contributed by atoms with Crippen LogP contribution in [0.2, 0.25) is 5.02 Å². The molecule has 0 aliphatic carbocycles. The fourth-order valence-electron chi connectivity index (χ4n) is 3.54. The van der Waals surface area contributed by atoms with Crippen LogP contribution in [0, 0.1) is 5.92 Å². The van der Waals surface area contributed by atoms with Gasteiger partial charge in [0.15, 0.2) is 0 Å². The van der Waals surface area contributed by atoms with Crippen molar-refractivity contribution >= 4 is 28.5 Å². The second-order valence-electron chi connectivity index (χ2n) is 8.89. The number of nitrogens with one attached hydrogen (secondary N) is 1. The molecular formula is C26H28ClN3O4. The number of hydrogen-bond donors (Lipinski definition) is 1. The number of hydrogen-bond acceptors (Lipinski definition) is 6. The van der Waals surface area contributed by atoms with Crippen molar-refractivity contribution in [2.45, 2.75) is 46.6 Å². The maximum absolute atomic E-state index is 11.9. The van der Waals surface area contributed by atoms with Gasteiger partial charge >= 0.3 is 5.97 Å². The number of fused-ring (bicyclic) bond motifs is 1. The highest BCUT2D eigenvalue weighted by Crippen LogP contribution is 2.32. The summed E-state index contributed by atoms with van der Waals surface area (Å²) >= 11 is 6.34. The predicted octanol–water partition coefficient (Wildman–Crippen LogP) is 6.46. The standard InChI is InChI=1S/C26H28ClN3O4/c1-15(2)14-32-24(31)10-7-19-13-28-22-12-17(5-8-20(19)22)25-29-26(34-30-25)18-6-9-23(21(27)11-18)33-16(3)4/h5-6,8-9,11-13,15-16,28H,7,10,14H2,1-4H3. The first-order valence-electron chi connectivity index (χ1n) is 11.4. The minimum absolute atomic E-state index is 0.0282. The van der Waals surface area contributed by atoms with Gasteiger partial charge in [-0.15, -0.1) is 0 Å². The van der Waals surface area contributed by atoms with E-state index in [1.165, 1.54) is 0 Å². The second kappa shape index (κ2) is 10.3. The molecule has 4 aromatic rings. The molecule has 0 radical (unpaired) electrons. The number of halogens is 1. The van der Waals surface area contributed by atoms with Gasteiger partial charge < -0.3 is 19.0 Å². The highest BCUT2D eigenvalue weighted by atomic mass is 35.5. The van der Waals surface area contributed by atoms with E-state index < -0.39 is 0 Å². The summed E-state index contributed by atoms with van der Waals surface area (Å²) in [6, 6.07) is 11.3. The van der Waals surface area contributed by atoms with Gasteiger partial charge in [0.05, 0.1) is 17.7 Å². The van der Waals surface area contributed by atoms with E-state index in [9.17, 15) is 4.79 Å². The quantitative estimate of drug-likeness (QED) is 0.276. The number of rotatable bonds is 9. The lowest BCUT2D eigenvalue weighted by Crippen LogP contribution is -2.10. The maximum atomic E-state index is 11.9. The molecule has 0 spiro atoms. The van der Waals surface area contributed by atoms with Crippen molar-refractivity contribution in [1.82, 2.24) is 15.1 Å². The van der Waals surface area contributed by atoms with Gasteiger partial charge in [-0.1, -0.05) is 42.7 Å². The number of ether oxygens (including phenoxy) is 2. The van der Waals surface area contributed by atoms with Crippen molar-refractivity contribution < 1.29 is 18.8 Å². The molecule has 0 aliphatic heterocycles. The first-order chi connectivity index (χ1) is 16.3. The molecule has 0 saturated carbocycles. The summed E-state index contributed by atoms with van der Waals surface area (Å²) in [5.41, 5.74) is 3.54. The van der Waals surface area contributed by atoms with E-state index in [0.29, 0.717) is 53.4 Å². The summed E-state index contributed by atoms with van der Waals surface area (Å²) in [4.78, 5) is 19.8. The molecule has 0 aliphatic rings. The number of carbonyl (C=O) groups excluding carboxylic acids is 1. The predicted molar refractivity (Wildman–Crippen MR) is 132 cm³/mol. The molecule has 0 amide bonds. The highest BCUT2D eigenvalue weighted by Gasteiger charge is 2.15. The summed E-state index contributed by atoms with van der Waals surface area (Å²) in [6.45, 7) is 8.38. The Balaban J connectivity index is 1.48. The van der Waals surface area contributed by atoms with Crippen molar-refractivity contribution in [3.63, 3.8) is 0 Å². The van der Waals surface area contributed by atoms with E-state index in [-0.39, 0.29) is 12.1 Å². The fraction of sp³-hybridized carbons (Fsp3) is 0.346. The fourth-order valence-corrected chi connectivity index (χ4v) is 3.77. The van der Waals surface area contributed by atoms with Gasteiger partial charge in [0, 0.05) is 34.6 Å². The number of H-pyrrole nitrogens is 1. The van der Waals surface area contributed by atoms with Crippen LogP contribution in [0.25, 0.3) is 33.7 Å². The first kappa shape index (κ1) is 23.8. The minimum Gasteiger partial charge on any atom is -0.489 e. The Labute approximate surface area is 203 Å². The van der Waals surface area contributed by atoms with Crippen LogP contribution in [0.5, 0.6) is 5.75 Å². The Kier molecular flexibility index (Phi) is 7.22. The van der Waals surface area contributed by atoms with E-state index in [4.69, 9.17) is 25.6 Å². The van der Waals surface area contributed by atoms with Crippen LogP contribution in [-0.4, -0.2) is 33.8 Å². The largest absolute Gasteiger partial charge is 0.489 e. The topological polar surface area (TPSA) is 90.2 Å². The van der Waals surface area contributed by atoms with E-state index >= 15 is 0 Å². The summed E-state index contributed by atoms with van der Waals surface area (Å²) in [6.07, 6.45) is 2.91. The number of esters is 1. The van der Waals surface area contributed by atoms with E-state index in [2.05, 4.69) is 15.1 Å². The third-order valence-electron chi connectivity index (χ3n) is 5.17. The van der Waals surface area contributed by atoms with Crippen molar-refractivity contribution in [2.24, 2.45) is 5.92 Å². The minimum atomic E-state index is -0.178. The van der Waals surface area contributed by atoms with Gasteiger partial charge in [-0.25, -0.2) is 0 Å². The van der Waals surface area contributed by atoms with Crippen LogP contribution in [0.1, 0.15) is 39.7 Å². The van der Waals surface area contributed by atoms with E-state index in [0.717, 1.165) is 22.0 Å². The average molecular weight is 482 g/mol. The Bertz CT molecular complexity index is 1290. The molecule has 1 N–H and O–H groups in total. The number of aromatic amines is 1. The highest BCUT2D eigenvalue weighted by molar-refractivity contribution is 6.32. The monoisotopic (exact) mass is 481 g/mol. The summed E-state index contributed by atoms with van der Waals surface area (Å²) in [7, 11) is 0. The maximum Gasteiger partial charge on any atom is 0.306 e. The van der Waals surface area contributed by atoms with Crippen LogP contribution in [0.4, 0.5) is 0 Å². The van der Waals surface area contributed by atoms with Crippen LogP contribution < -0.4 is 4.74 Å². The van der Waals surface area contributed by atoms with Gasteiger partial charge in [0.25, 0.3) is 5.89 Å². The van der Waals surface area contributed by atoms with Gasteiger partial charge in [-0.3, -0.25) is 4.79 Å². The van der Waals surface area contributed by atoms with Crippen molar-refractivity contribution in [2.75, 3.05) is 6.61 Å². The first-order valence-corrected chi connectivity index (χ1v) is 11.7. The van der Waals surface area contributed by atoms with Crippen LogP contribution in [0.3, 0.4) is 0 Å². The van der Waals surface area contributed by atoms with Crippen molar-refractivity contribution in [1.29, 1.82) is 0 Å². The third kappa shape index (κ3) is 5.59. The van der Waals surface area contributed by atoms with Crippen molar-refractivity contribution in [3.05, 3.63) is 53.2 Å². The zero-order valence-corrected chi connectivity index (χ0v) is 20.5. The molecule has 2 heterocycles. The van der Waals surface area contributed by atoms with Crippen LogP contribution in [0.15, 0.2) is 47.1 Å². The molecule has 0 fully saturated rings. The molecule has 8 heteroatoms. The molecule has 2 aromatic heterocycles. The molecule has 4 rings (SSSR count). The molecule has 34 heavy (non-hydrogen) atoms. The van der Waals surface area contributed by atoms with Gasteiger partial charge in [-0.05, 0) is 56.0 Å². The molecule has 0 saturated heterocycles. The Morgan fingerprint density at radius 1 is 1.12 bits per heavy atom. The lowest BCUT2D eigenvalue weighted by atomic mass is 10.1. The zero-order valence-electron chi connectivity index (χ0n) is 19.7. The SMILES string of the molecule is CC(C)COC(=O)CCc1c[nH]c2cc(-c3noc(-c4ccc(OC(C)C)c(Cl)c4)n3)ccc12. The zero-order chi connectivity index (χ0) is 24.2. The lowest BCUT2D eigenvalue weighted by Gasteiger charge is -2.11. The van der Waals surface area contributed by atoms with Crippen LogP contribution in [-0.2, 0) is 16.0 Å². The molecule has 178 valence electrons. The molecule has 0 bridgehead atoms. The number of aryl methyl sites for hydroxylation is 1. The normalized spacial score (nSPS) is 11.5. The summed E-state index contributed by atoms with van der Waals surface area (Å²) in [5.74, 6) is 1.62. The Morgan fingerprint density at radius 3 is 2.65 bits per heavy atom. The number of nitrogens with zero attached hydrogens (tertiary/aromatic N) is 2. The summed E-state index contributed by atoms with van der Waals surface area (Å²) < 4.78 is 16.4. The lowest BCUT2D eigenvalue weighted by molar-refractivity contribution is -0.144. The molecule has 0 unspecified atom stereocenters. The van der Waals surface area contributed by atoms with E-state index in [1.807, 2.05) is 58.2 Å². The Hall–Kier alpha value is -3.32. The van der Waals surface area contributed by atoms with Gasteiger partial charge in [0.2, 0.25) is 5.82 Å². The molecule has 7 nitrogen and oxygen atoms in total. The second-order valence-corrected chi connectivity index (χ2v) is 9.29. The van der Waals surface area contributed by atoms with E-state index in [1.54, 1.807) is 12.1 Å². The molecular weight excluding hydrogens is 454 g/mol. The number of carbonyl (C=O) groups is 1. The third-order valence-corrected chi connectivity index (χ3v) is 5.46. The van der Waals surface area contributed by atoms with Gasteiger partial charge in [0.1, 0.15) is 5.75 Å². The molecule has 2 aromatic carbocycles. The number of aromatic nitrogens is 3. The van der Waals surface area contributed by atoms with Gasteiger partial charge in [-0.2, -0.15) is 4.98 Å². The smallest absolute Gasteiger partial charge is 0.306 e. The molecule has 0 atom stereocenters. The summed E-state index contributed by atoms with van der Waals surface area (Å²) in [5, 5.41) is 5.67. The number of benzene rings is 2. The Morgan fingerprint density at radius 2 is 1.91 bits per heavy atom.